The predicted octanol–water partition coefficient (Wildman–Crippen LogP) is 11.3. The van der Waals surface area contributed by atoms with E-state index >= 15 is 0 Å². The third-order valence-electron chi connectivity index (χ3n) is 9.66. The largest absolute Gasteiger partial charge is 0.278 e. The van der Waals surface area contributed by atoms with Gasteiger partial charge >= 0.3 is 0 Å². The van der Waals surface area contributed by atoms with Crippen LogP contribution in [0.1, 0.15) is 0 Å². The van der Waals surface area contributed by atoms with Crippen molar-refractivity contribution in [2.24, 2.45) is 0 Å². The minimum absolute atomic E-state index is 0.590. The summed E-state index contributed by atoms with van der Waals surface area (Å²) < 4.78 is 2.17. The maximum Gasteiger partial charge on any atom is 0.238 e. The van der Waals surface area contributed by atoms with Gasteiger partial charge in [-0.3, -0.25) is 4.57 Å². The van der Waals surface area contributed by atoms with Crippen LogP contribution in [0.25, 0.3) is 95.0 Å². The van der Waals surface area contributed by atoms with Crippen molar-refractivity contribution in [2.45, 2.75) is 0 Å². The highest BCUT2D eigenvalue weighted by atomic mass is 15.2. The summed E-state index contributed by atoms with van der Waals surface area (Å²) in [5.41, 5.74) is 13.6. The van der Waals surface area contributed by atoms with E-state index in [1.165, 1.54) is 38.9 Å². The Morgan fingerprint density at radius 1 is 0.306 bits per heavy atom. The van der Waals surface area contributed by atoms with E-state index in [0.717, 1.165) is 38.5 Å². The van der Waals surface area contributed by atoms with Crippen LogP contribution in [-0.2, 0) is 0 Å². The lowest BCUT2D eigenvalue weighted by atomic mass is 9.80. The van der Waals surface area contributed by atoms with Gasteiger partial charge < -0.3 is 0 Å². The van der Waals surface area contributed by atoms with Crippen molar-refractivity contribution in [3.05, 3.63) is 170 Å². The first-order valence-electron chi connectivity index (χ1n) is 16.5. The molecule has 1 aliphatic carbocycles. The molecule has 9 aromatic rings. The van der Waals surface area contributed by atoms with Gasteiger partial charge in [-0.05, 0) is 62.7 Å². The summed E-state index contributed by atoms with van der Waals surface area (Å²) in [5.74, 6) is 1.85. The Balaban J connectivity index is 1.25. The van der Waals surface area contributed by atoms with E-state index in [2.05, 4.69) is 156 Å². The average Bonchev–Trinajstić information content (AvgIpc) is 3.52. The van der Waals surface area contributed by atoms with Gasteiger partial charge in [0.25, 0.3) is 0 Å². The van der Waals surface area contributed by atoms with E-state index in [9.17, 15) is 0 Å². The van der Waals surface area contributed by atoms with Gasteiger partial charge in [-0.25, -0.2) is 4.98 Å². The topological polar surface area (TPSA) is 43.6 Å². The lowest BCUT2D eigenvalue weighted by Crippen LogP contribution is -2.06. The maximum absolute atomic E-state index is 5.24. The molecule has 7 aromatic carbocycles. The number of hydrogen-bond donors (Lipinski definition) is 0. The molecular weight excluding hydrogens is 597 g/mol. The second kappa shape index (κ2) is 11.0. The first-order chi connectivity index (χ1) is 24.3. The molecule has 0 saturated carbocycles. The number of hydrogen-bond acceptors (Lipinski definition) is 3. The summed E-state index contributed by atoms with van der Waals surface area (Å²) in [6.45, 7) is 0. The van der Waals surface area contributed by atoms with Gasteiger partial charge in [-0.15, -0.1) is 0 Å². The molecule has 4 heteroatoms. The molecule has 0 fully saturated rings. The number of aromatic nitrogens is 4. The molecule has 0 unspecified atom stereocenters. The highest BCUT2D eigenvalue weighted by Crippen LogP contribution is 2.48. The minimum atomic E-state index is 0.590. The zero-order valence-electron chi connectivity index (χ0n) is 26.5. The normalized spacial score (nSPS) is 11.7. The molecule has 228 valence electrons. The Bertz CT molecular complexity index is 2660. The fraction of sp³-hybridized carbons (Fsp3) is 0. The molecule has 49 heavy (non-hydrogen) atoms. The zero-order chi connectivity index (χ0) is 32.3. The van der Waals surface area contributed by atoms with Crippen LogP contribution in [0.3, 0.4) is 0 Å². The van der Waals surface area contributed by atoms with Gasteiger partial charge in [0.15, 0.2) is 11.6 Å². The van der Waals surface area contributed by atoms with Crippen molar-refractivity contribution in [3.8, 4) is 73.2 Å². The lowest BCUT2D eigenvalue weighted by molar-refractivity contribution is 0.953. The fourth-order valence-corrected chi connectivity index (χ4v) is 7.45. The summed E-state index contributed by atoms with van der Waals surface area (Å²) >= 11 is 0. The van der Waals surface area contributed by atoms with Gasteiger partial charge in [0.2, 0.25) is 5.95 Å². The molecular formula is C45H28N4. The summed E-state index contributed by atoms with van der Waals surface area (Å²) in [6, 6.07) is 59.9. The van der Waals surface area contributed by atoms with Crippen LogP contribution in [0.15, 0.2) is 170 Å². The van der Waals surface area contributed by atoms with E-state index in [1.54, 1.807) is 0 Å². The third kappa shape index (κ3) is 4.35. The van der Waals surface area contributed by atoms with E-state index < -0.39 is 0 Å². The summed E-state index contributed by atoms with van der Waals surface area (Å²) in [7, 11) is 0. The van der Waals surface area contributed by atoms with E-state index in [-0.39, 0.29) is 0 Å². The number of nitrogens with zero attached hydrogens (tertiary/aromatic N) is 4. The molecule has 10 rings (SSSR count). The van der Waals surface area contributed by atoms with Crippen molar-refractivity contribution in [1.29, 1.82) is 0 Å². The molecule has 0 radical (unpaired) electrons. The molecule has 0 atom stereocenters. The van der Waals surface area contributed by atoms with E-state index in [1.807, 2.05) is 18.2 Å². The van der Waals surface area contributed by atoms with E-state index in [0.29, 0.717) is 17.6 Å². The Hall–Kier alpha value is -6.65. The van der Waals surface area contributed by atoms with Crippen LogP contribution < -0.4 is 0 Å². The average molecular weight is 625 g/mol. The Morgan fingerprint density at radius 3 is 1.24 bits per heavy atom. The van der Waals surface area contributed by atoms with Crippen LogP contribution in [-0.4, -0.2) is 19.5 Å². The molecule has 2 aromatic heterocycles. The van der Waals surface area contributed by atoms with Crippen molar-refractivity contribution < 1.29 is 0 Å². The molecule has 1 aliphatic rings. The second-order valence-electron chi connectivity index (χ2n) is 12.4. The first-order valence-corrected chi connectivity index (χ1v) is 16.5. The third-order valence-corrected chi connectivity index (χ3v) is 9.66. The number of benzene rings is 7. The van der Waals surface area contributed by atoms with Crippen LogP contribution >= 0.6 is 0 Å². The molecule has 0 amide bonds. The van der Waals surface area contributed by atoms with Crippen molar-refractivity contribution in [2.75, 3.05) is 0 Å². The van der Waals surface area contributed by atoms with Gasteiger partial charge in [-0.1, -0.05) is 152 Å². The Kier molecular flexibility index (Phi) is 6.15. The number of para-hydroxylation sites is 2. The Labute approximate surface area is 283 Å². The van der Waals surface area contributed by atoms with Crippen LogP contribution in [0, 0.1) is 0 Å². The predicted molar refractivity (Wildman–Crippen MR) is 200 cm³/mol. The zero-order valence-corrected chi connectivity index (χ0v) is 26.5. The van der Waals surface area contributed by atoms with Crippen LogP contribution in [0.2, 0.25) is 0 Å². The molecule has 4 nitrogen and oxygen atoms in total. The van der Waals surface area contributed by atoms with Crippen LogP contribution in [0.5, 0.6) is 0 Å². The van der Waals surface area contributed by atoms with Gasteiger partial charge in [0.1, 0.15) is 0 Å². The molecule has 2 heterocycles. The SMILES string of the molecule is c1ccc(-c2nc(-c3ccc4c(c3)-c3ccccc3-c3ccccc3-c3ccccc3-4)nc(-n3c4ccccc4c4ccccc43)n2)cc1. The monoisotopic (exact) mass is 624 g/mol. The summed E-state index contributed by atoms with van der Waals surface area (Å²) in [5, 5.41) is 2.33. The molecule has 0 bridgehead atoms. The standard InChI is InChI=1S/C45H28N4/c1-2-14-29(15-3-1)43-46-44(48-45(47-43)49-41-24-12-10-22-38(41)39-23-11-13-25-42(39)49)30-26-27-37-35-20-7-6-18-33(35)31-16-4-5-17-32(31)34-19-8-9-21-36(34)40(37)28-30/h1-28H. The number of rotatable bonds is 3. The highest BCUT2D eigenvalue weighted by molar-refractivity contribution is 6.09. The smallest absolute Gasteiger partial charge is 0.238 e. The minimum Gasteiger partial charge on any atom is -0.278 e. The lowest BCUT2D eigenvalue weighted by Gasteiger charge is -2.23. The molecule has 0 saturated heterocycles. The molecule has 0 spiro atoms. The van der Waals surface area contributed by atoms with Gasteiger partial charge in [0.05, 0.1) is 11.0 Å². The van der Waals surface area contributed by atoms with E-state index in [4.69, 9.17) is 15.0 Å². The fourth-order valence-electron chi connectivity index (χ4n) is 7.45. The van der Waals surface area contributed by atoms with Crippen molar-refractivity contribution in [1.82, 2.24) is 19.5 Å². The maximum atomic E-state index is 5.24. The summed E-state index contributed by atoms with van der Waals surface area (Å²) in [4.78, 5) is 15.5. The Morgan fingerprint density at radius 2 is 0.714 bits per heavy atom. The first kappa shape index (κ1) is 27.5. The highest BCUT2D eigenvalue weighted by Gasteiger charge is 2.23. The molecule has 0 N–H and O–H groups in total. The van der Waals surface area contributed by atoms with Gasteiger partial charge in [-0.2, -0.15) is 9.97 Å². The second-order valence-corrected chi connectivity index (χ2v) is 12.4. The number of fused-ring (bicyclic) bond motifs is 11. The van der Waals surface area contributed by atoms with Crippen LogP contribution in [0.4, 0.5) is 0 Å². The van der Waals surface area contributed by atoms with Crippen molar-refractivity contribution in [3.63, 3.8) is 0 Å². The van der Waals surface area contributed by atoms with Gasteiger partial charge in [0, 0.05) is 21.9 Å². The van der Waals surface area contributed by atoms with Crippen molar-refractivity contribution >= 4 is 21.8 Å². The molecule has 0 aliphatic heterocycles. The summed E-state index contributed by atoms with van der Waals surface area (Å²) in [6.07, 6.45) is 0. The quantitative estimate of drug-likeness (QED) is 0.196.